The number of carbonyl (C=O) groups is 1. The smallest absolute Gasteiger partial charge is 0.220 e. The second-order valence-corrected chi connectivity index (χ2v) is 8.11. The van der Waals surface area contributed by atoms with Crippen molar-refractivity contribution in [2.24, 2.45) is 5.92 Å². The van der Waals surface area contributed by atoms with Gasteiger partial charge in [-0.15, -0.1) is 0 Å². The summed E-state index contributed by atoms with van der Waals surface area (Å²) in [5.41, 5.74) is 1.41. The SMILES string of the molecule is O=C(CC1CCCC1)NC1CCN(Cc2cccc3ccccc23)CC1. The van der Waals surface area contributed by atoms with E-state index in [0.717, 1.165) is 38.9 Å². The molecule has 2 aromatic carbocycles. The molecule has 1 saturated heterocycles. The Morgan fingerprint density at radius 2 is 1.69 bits per heavy atom. The summed E-state index contributed by atoms with van der Waals surface area (Å²) in [6.45, 7) is 3.14. The van der Waals surface area contributed by atoms with Gasteiger partial charge in [-0.25, -0.2) is 0 Å². The average molecular weight is 351 g/mol. The van der Waals surface area contributed by atoms with Crippen molar-refractivity contribution in [3.05, 3.63) is 48.0 Å². The van der Waals surface area contributed by atoms with Gasteiger partial charge in [0.15, 0.2) is 0 Å². The first-order valence-electron chi connectivity index (χ1n) is 10.3. The summed E-state index contributed by atoms with van der Waals surface area (Å²) >= 11 is 0. The molecule has 1 saturated carbocycles. The zero-order chi connectivity index (χ0) is 17.8. The fourth-order valence-corrected chi connectivity index (χ4v) is 4.67. The van der Waals surface area contributed by atoms with Crippen LogP contribution >= 0.6 is 0 Å². The van der Waals surface area contributed by atoms with Crippen molar-refractivity contribution in [2.45, 2.75) is 57.5 Å². The van der Waals surface area contributed by atoms with E-state index in [-0.39, 0.29) is 5.91 Å². The minimum absolute atomic E-state index is 0.282. The van der Waals surface area contributed by atoms with Crippen LogP contribution in [-0.2, 0) is 11.3 Å². The number of amides is 1. The van der Waals surface area contributed by atoms with Crippen LogP contribution in [0.2, 0.25) is 0 Å². The van der Waals surface area contributed by atoms with Crippen molar-refractivity contribution in [1.29, 1.82) is 0 Å². The number of likely N-dealkylation sites (tertiary alicyclic amines) is 1. The number of hydrogen-bond donors (Lipinski definition) is 1. The first-order chi connectivity index (χ1) is 12.8. The molecule has 0 atom stereocenters. The quantitative estimate of drug-likeness (QED) is 0.861. The van der Waals surface area contributed by atoms with Crippen molar-refractivity contribution in [1.82, 2.24) is 10.2 Å². The van der Waals surface area contributed by atoms with Crippen LogP contribution in [0.1, 0.15) is 50.5 Å². The van der Waals surface area contributed by atoms with E-state index in [2.05, 4.69) is 52.7 Å². The Morgan fingerprint density at radius 3 is 2.50 bits per heavy atom. The van der Waals surface area contributed by atoms with Crippen LogP contribution in [0.3, 0.4) is 0 Å². The van der Waals surface area contributed by atoms with Crippen LogP contribution < -0.4 is 5.32 Å². The number of nitrogens with zero attached hydrogens (tertiary/aromatic N) is 1. The topological polar surface area (TPSA) is 32.3 Å². The van der Waals surface area contributed by atoms with Gasteiger partial charge in [0.2, 0.25) is 5.91 Å². The monoisotopic (exact) mass is 350 g/mol. The van der Waals surface area contributed by atoms with Gasteiger partial charge < -0.3 is 5.32 Å². The average Bonchev–Trinajstić information content (AvgIpc) is 3.16. The molecule has 1 heterocycles. The maximum absolute atomic E-state index is 12.3. The normalized spacial score (nSPS) is 19.8. The highest BCUT2D eigenvalue weighted by molar-refractivity contribution is 5.85. The van der Waals surface area contributed by atoms with E-state index in [0.29, 0.717) is 12.0 Å². The summed E-state index contributed by atoms with van der Waals surface area (Å²) in [4.78, 5) is 14.8. The van der Waals surface area contributed by atoms with E-state index in [1.807, 2.05) is 0 Å². The van der Waals surface area contributed by atoms with E-state index in [1.165, 1.54) is 42.0 Å². The molecular weight excluding hydrogens is 320 g/mol. The minimum atomic E-state index is 0.282. The zero-order valence-electron chi connectivity index (χ0n) is 15.6. The molecule has 26 heavy (non-hydrogen) atoms. The molecule has 0 radical (unpaired) electrons. The molecule has 3 heteroatoms. The van der Waals surface area contributed by atoms with E-state index < -0.39 is 0 Å². The molecule has 1 aliphatic heterocycles. The lowest BCUT2D eigenvalue weighted by Gasteiger charge is -2.32. The number of fused-ring (bicyclic) bond motifs is 1. The van der Waals surface area contributed by atoms with E-state index in [9.17, 15) is 4.79 Å². The van der Waals surface area contributed by atoms with Crippen molar-refractivity contribution >= 4 is 16.7 Å². The molecule has 2 fully saturated rings. The number of rotatable bonds is 5. The lowest BCUT2D eigenvalue weighted by atomic mass is 10.00. The molecule has 3 nitrogen and oxygen atoms in total. The summed E-state index contributed by atoms with van der Waals surface area (Å²) in [5.74, 6) is 0.922. The maximum atomic E-state index is 12.3. The van der Waals surface area contributed by atoms with Crippen LogP contribution in [0.15, 0.2) is 42.5 Å². The second-order valence-electron chi connectivity index (χ2n) is 8.11. The number of piperidine rings is 1. The third-order valence-electron chi connectivity index (χ3n) is 6.18. The summed E-state index contributed by atoms with van der Waals surface area (Å²) in [6.07, 6.45) is 8.00. The lowest BCUT2D eigenvalue weighted by Crippen LogP contribution is -2.44. The molecule has 1 aliphatic carbocycles. The van der Waals surface area contributed by atoms with Crippen molar-refractivity contribution in [3.8, 4) is 0 Å². The largest absolute Gasteiger partial charge is 0.353 e. The predicted octanol–water partition coefficient (Wildman–Crippen LogP) is 4.50. The second kappa shape index (κ2) is 8.22. The fraction of sp³-hybridized carbons (Fsp3) is 0.522. The zero-order valence-corrected chi connectivity index (χ0v) is 15.6. The highest BCUT2D eigenvalue weighted by atomic mass is 16.1. The van der Waals surface area contributed by atoms with Gasteiger partial charge in [-0.1, -0.05) is 55.3 Å². The van der Waals surface area contributed by atoms with Gasteiger partial charge in [-0.3, -0.25) is 9.69 Å². The van der Waals surface area contributed by atoms with Gasteiger partial charge in [0.1, 0.15) is 0 Å². The lowest BCUT2D eigenvalue weighted by molar-refractivity contribution is -0.123. The Labute approximate surface area is 156 Å². The summed E-state index contributed by atoms with van der Waals surface area (Å²) in [6, 6.07) is 15.6. The standard InChI is InChI=1S/C23H30N2O/c26-23(16-18-6-1-2-7-18)24-21-12-14-25(15-13-21)17-20-10-5-9-19-8-3-4-11-22(19)20/h3-5,8-11,18,21H,1-2,6-7,12-17H2,(H,24,26). The van der Waals surface area contributed by atoms with Gasteiger partial charge >= 0.3 is 0 Å². The Kier molecular flexibility index (Phi) is 5.54. The molecule has 1 amide bonds. The van der Waals surface area contributed by atoms with Gasteiger partial charge in [-0.2, -0.15) is 0 Å². The molecule has 0 bridgehead atoms. The molecular formula is C23H30N2O. The van der Waals surface area contributed by atoms with E-state index >= 15 is 0 Å². The van der Waals surface area contributed by atoms with E-state index in [1.54, 1.807) is 0 Å². The van der Waals surface area contributed by atoms with Gasteiger partial charge in [0.05, 0.1) is 0 Å². The Hall–Kier alpha value is -1.87. The highest BCUT2D eigenvalue weighted by Gasteiger charge is 2.23. The Balaban J connectivity index is 1.27. The van der Waals surface area contributed by atoms with Gasteiger partial charge in [-0.05, 0) is 47.9 Å². The molecule has 0 aromatic heterocycles. The number of hydrogen-bond acceptors (Lipinski definition) is 2. The van der Waals surface area contributed by atoms with Crippen molar-refractivity contribution < 1.29 is 4.79 Å². The molecule has 0 spiro atoms. The summed E-state index contributed by atoms with van der Waals surface area (Å²) < 4.78 is 0. The van der Waals surface area contributed by atoms with E-state index in [4.69, 9.17) is 0 Å². The van der Waals surface area contributed by atoms with Crippen LogP contribution in [-0.4, -0.2) is 29.9 Å². The first kappa shape index (κ1) is 17.5. The third-order valence-corrected chi connectivity index (χ3v) is 6.18. The molecule has 2 aromatic rings. The number of carbonyl (C=O) groups excluding carboxylic acids is 1. The van der Waals surface area contributed by atoms with Crippen molar-refractivity contribution in [3.63, 3.8) is 0 Å². The fourth-order valence-electron chi connectivity index (χ4n) is 4.67. The summed E-state index contributed by atoms with van der Waals surface area (Å²) in [5, 5.41) is 5.98. The number of nitrogens with one attached hydrogen (secondary N) is 1. The Morgan fingerprint density at radius 1 is 0.962 bits per heavy atom. The van der Waals surface area contributed by atoms with Crippen molar-refractivity contribution in [2.75, 3.05) is 13.1 Å². The Bertz CT molecular complexity index is 737. The van der Waals surface area contributed by atoms with Crippen LogP contribution in [0.5, 0.6) is 0 Å². The molecule has 0 unspecified atom stereocenters. The molecule has 1 N–H and O–H groups in total. The van der Waals surface area contributed by atoms with Crippen LogP contribution in [0.4, 0.5) is 0 Å². The predicted molar refractivity (Wildman–Crippen MR) is 107 cm³/mol. The molecule has 2 aliphatic rings. The number of benzene rings is 2. The molecule has 138 valence electrons. The third kappa shape index (κ3) is 4.27. The van der Waals surface area contributed by atoms with Crippen LogP contribution in [0.25, 0.3) is 10.8 Å². The highest BCUT2D eigenvalue weighted by Crippen LogP contribution is 2.27. The van der Waals surface area contributed by atoms with Crippen LogP contribution in [0, 0.1) is 5.92 Å². The maximum Gasteiger partial charge on any atom is 0.220 e. The minimum Gasteiger partial charge on any atom is -0.353 e. The summed E-state index contributed by atoms with van der Waals surface area (Å²) in [7, 11) is 0. The molecule has 4 rings (SSSR count). The van der Waals surface area contributed by atoms with Gasteiger partial charge in [0.25, 0.3) is 0 Å². The first-order valence-corrected chi connectivity index (χ1v) is 10.3. The van der Waals surface area contributed by atoms with Gasteiger partial charge in [0, 0.05) is 32.1 Å².